The first-order chi connectivity index (χ1) is 11.0. The van der Waals surface area contributed by atoms with E-state index in [4.69, 9.17) is 17.3 Å². The third-order valence-corrected chi connectivity index (χ3v) is 5.13. The van der Waals surface area contributed by atoms with E-state index < -0.39 is 5.91 Å². The first-order valence-electron chi connectivity index (χ1n) is 7.71. The van der Waals surface area contributed by atoms with Gasteiger partial charge in [-0.05, 0) is 61.1 Å². The lowest BCUT2D eigenvalue weighted by atomic mass is 9.92. The average Bonchev–Trinajstić information content (AvgIpc) is 3.05. The summed E-state index contributed by atoms with van der Waals surface area (Å²) in [5.41, 5.74) is 7.99. The summed E-state index contributed by atoms with van der Waals surface area (Å²) in [5.74, 6) is -0.428. The van der Waals surface area contributed by atoms with Crippen molar-refractivity contribution < 1.29 is 9.59 Å². The van der Waals surface area contributed by atoms with Crippen LogP contribution in [0.25, 0.3) is 0 Å². The maximum atomic E-state index is 11.1. The molecule has 122 valence electrons. The number of hydrogen-bond donors (Lipinski definition) is 1. The van der Waals surface area contributed by atoms with Crippen LogP contribution >= 0.6 is 22.9 Å². The second-order valence-corrected chi connectivity index (χ2v) is 6.95. The number of benzene rings is 1. The number of aryl methyl sites for hydroxylation is 2. The number of nitrogens with two attached hydrogens (primary N) is 1. The van der Waals surface area contributed by atoms with Gasteiger partial charge in [-0.3, -0.25) is 9.59 Å². The molecule has 0 spiro atoms. The van der Waals surface area contributed by atoms with Gasteiger partial charge in [0.05, 0.1) is 9.75 Å². The van der Waals surface area contributed by atoms with Crippen molar-refractivity contribution in [3.05, 3.63) is 56.2 Å². The average molecular weight is 350 g/mol. The summed E-state index contributed by atoms with van der Waals surface area (Å²) < 4.78 is 0. The van der Waals surface area contributed by atoms with Gasteiger partial charge in [-0.1, -0.05) is 24.6 Å². The molecular formula is C18H20ClNO2S. The van der Waals surface area contributed by atoms with Gasteiger partial charge in [-0.25, -0.2) is 0 Å². The fourth-order valence-electron chi connectivity index (χ4n) is 2.50. The van der Waals surface area contributed by atoms with Crippen LogP contribution in [0, 0.1) is 0 Å². The summed E-state index contributed by atoms with van der Waals surface area (Å²) in [6, 6.07) is 9.48. The lowest BCUT2D eigenvalue weighted by molar-refractivity contribution is 0.0989. The molecular weight excluding hydrogens is 330 g/mol. The highest BCUT2D eigenvalue weighted by Crippen LogP contribution is 2.23. The molecule has 2 aromatic rings. The minimum atomic E-state index is -0.477. The zero-order chi connectivity index (χ0) is 16.8. The van der Waals surface area contributed by atoms with E-state index in [1.807, 2.05) is 6.07 Å². The van der Waals surface area contributed by atoms with Gasteiger partial charge in [0.15, 0.2) is 5.78 Å². The lowest BCUT2D eigenvalue weighted by Gasteiger charge is -2.14. The molecule has 0 aliphatic heterocycles. The second kappa shape index (κ2) is 8.27. The van der Waals surface area contributed by atoms with Crippen molar-refractivity contribution in [2.45, 2.75) is 39.0 Å². The lowest BCUT2D eigenvalue weighted by Crippen LogP contribution is -2.08. The molecule has 0 bridgehead atoms. The van der Waals surface area contributed by atoms with Crippen molar-refractivity contribution in [2.75, 3.05) is 0 Å². The van der Waals surface area contributed by atoms with Gasteiger partial charge in [-0.2, -0.15) is 0 Å². The minimum absolute atomic E-state index is 0.0486. The first-order valence-corrected chi connectivity index (χ1v) is 8.91. The van der Waals surface area contributed by atoms with Crippen LogP contribution in [0.3, 0.4) is 0 Å². The molecule has 5 heteroatoms. The van der Waals surface area contributed by atoms with E-state index >= 15 is 0 Å². The fourth-order valence-corrected chi connectivity index (χ4v) is 3.56. The van der Waals surface area contributed by atoms with Gasteiger partial charge in [-0.15, -0.1) is 11.3 Å². The van der Waals surface area contributed by atoms with Crippen molar-refractivity contribution in [3.8, 4) is 0 Å². The second-order valence-electron chi connectivity index (χ2n) is 5.43. The number of primary amides is 1. The Bertz CT molecular complexity index is 709. The molecule has 23 heavy (non-hydrogen) atoms. The van der Waals surface area contributed by atoms with E-state index in [-0.39, 0.29) is 5.78 Å². The monoisotopic (exact) mass is 349 g/mol. The van der Waals surface area contributed by atoms with Crippen LogP contribution in [0.15, 0.2) is 30.3 Å². The minimum Gasteiger partial charge on any atom is -0.365 e. The van der Waals surface area contributed by atoms with Crippen LogP contribution in [0.2, 0.25) is 5.02 Å². The van der Waals surface area contributed by atoms with E-state index in [2.05, 4.69) is 12.1 Å². The highest BCUT2D eigenvalue weighted by Gasteiger charge is 2.09. The molecule has 1 aliphatic carbocycles. The number of ketones is 1. The van der Waals surface area contributed by atoms with E-state index in [1.54, 1.807) is 19.1 Å². The van der Waals surface area contributed by atoms with Crippen molar-refractivity contribution in [1.29, 1.82) is 0 Å². The summed E-state index contributed by atoms with van der Waals surface area (Å²) in [7, 11) is 0. The van der Waals surface area contributed by atoms with Gasteiger partial charge in [0.2, 0.25) is 0 Å². The van der Waals surface area contributed by atoms with Crippen molar-refractivity contribution in [1.82, 2.24) is 0 Å². The Morgan fingerprint density at radius 1 is 1.09 bits per heavy atom. The zero-order valence-corrected chi connectivity index (χ0v) is 14.7. The van der Waals surface area contributed by atoms with Gasteiger partial charge < -0.3 is 5.73 Å². The standard InChI is InChI=1S/C10H11Cl.C8H9NO2S/c11-10-6-5-8-3-1-2-4-9(8)7-10;1-2-5(10)6-3-4-7(12-6)8(9)11/h5-7H,1-4H2;3-4H,2H2,1H3,(H2,9,11). The van der Waals surface area contributed by atoms with Crippen LogP contribution in [0.1, 0.15) is 56.7 Å². The van der Waals surface area contributed by atoms with E-state index in [0.29, 0.717) is 16.2 Å². The topological polar surface area (TPSA) is 60.2 Å². The molecule has 2 N–H and O–H groups in total. The predicted octanol–water partition coefficient (Wildman–Crippen LogP) is 4.66. The third-order valence-electron chi connectivity index (χ3n) is 3.76. The molecule has 0 radical (unpaired) electrons. The van der Waals surface area contributed by atoms with Gasteiger partial charge in [0, 0.05) is 11.4 Å². The number of halogens is 1. The van der Waals surface area contributed by atoms with Crippen molar-refractivity contribution >= 4 is 34.6 Å². The number of carbonyl (C=O) groups is 2. The van der Waals surface area contributed by atoms with Crippen molar-refractivity contribution in [2.24, 2.45) is 5.73 Å². The summed E-state index contributed by atoms with van der Waals surface area (Å²) in [4.78, 5) is 22.8. The molecule has 0 saturated heterocycles. The van der Waals surface area contributed by atoms with Crippen LogP contribution in [0.5, 0.6) is 0 Å². The smallest absolute Gasteiger partial charge is 0.258 e. The van der Waals surface area contributed by atoms with Gasteiger partial charge in [0.25, 0.3) is 5.91 Å². The summed E-state index contributed by atoms with van der Waals surface area (Å²) >= 11 is 7.03. The highest BCUT2D eigenvalue weighted by atomic mass is 35.5. The molecule has 1 aromatic carbocycles. The quantitative estimate of drug-likeness (QED) is 0.819. The normalized spacial score (nSPS) is 12.8. The Kier molecular flexibility index (Phi) is 6.37. The fraction of sp³-hybridized carbons (Fsp3) is 0.333. The largest absolute Gasteiger partial charge is 0.365 e. The number of Topliss-reactive ketones (excluding diaryl/α,β-unsaturated/α-hetero) is 1. The molecule has 0 saturated carbocycles. The van der Waals surface area contributed by atoms with Crippen LogP contribution in [-0.2, 0) is 12.8 Å². The number of carbonyl (C=O) groups excluding carboxylic acids is 2. The number of hydrogen-bond acceptors (Lipinski definition) is 3. The number of rotatable bonds is 3. The number of amides is 1. The van der Waals surface area contributed by atoms with Crippen molar-refractivity contribution in [3.63, 3.8) is 0 Å². The molecule has 0 atom stereocenters. The number of fused-ring (bicyclic) bond motifs is 1. The molecule has 1 heterocycles. The van der Waals surface area contributed by atoms with Crippen LogP contribution in [-0.4, -0.2) is 11.7 Å². The highest BCUT2D eigenvalue weighted by molar-refractivity contribution is 7.15. The first kappa shape index (κ1) is 17.7. The Morgan fingerprint density at radius 3 is 2.35 bits per heavy atom. The molecule has 1 aliphatic rings. The molecule has 3 rings (SSSR count). The Labute approximate surface area is 145 Å². The predicted molar refractivity (Wildman–Crippen MR) is 95.6 cm³/mol. The van der Waals surface area contributed by atoms with E-state index in [1.165, 1.54) is 36.8 Å². The molecule has 1 aromatic heterocycles. The van der Waals surface area contributed by atoms with Crippen LogP contribution < -0.4 is 5.73 Å². The van der Waals surface area contributed by atoms with Gasteiger partial charge >= 0.3 is 0 Å². The molecule has 3 nitrogen and oxygen atoms in total. The Hall–Kier alpha value is -1.65. The van der Waals surface area contributed by atoms with Crippen LogP contribution in [0.4, 0.5) is 0 Å². The molecule has 0 fully saturated rings. The number of thiophene rings is 1. The Morgan fingerprint density at radius 2 is 1.74 bits per heavy atom. The summed E-state index contributed by atoms with van der Waals surface area (Å²) in [5, 5.41) is 0.880. The summed E-state index contributed by atoms with van der Waals surface area (Å²) in [6.45, 7) is 1.78. The third kappa shape index (κ3) is 4.91. The molecule has 1 amide bonds. The van der Waals surface area contributed by atoms with Gasteiger partial charge in [0.1, 0.15) is 0 Å². The van der Waals surface area contributed by atoms with E-state index in [9.17, 15) is 9.59 Å². The Balaban J connectivity index is 0.000000167. The van der Waals surface area contributed by atoms with E-state index in [0.717, 1.165) is 16.4 Å². The summed E-state index contributed by atoms with van der Waals surface area (Å²) in [6.07, 6.45) is 5.59. The SMILES string of the molecule is CCC(=O)c1ccc(C(N)=O)s1.Clc1ccc2c(c1)CCCC2. The molecule has 0 unspecified atom stereocenters. The maximum Gasteiger partial charge on any atom is 0.258 e. The zero-order valence-electron chi connectivity index (χ0n) is 13.1. The maximum absolute atomic E-state index is 11.1.